The van der Waals surface area contributed by atoms with Gasteiger partial charge in [0.2, 0.25) is 0 Å². The van der Waals surface area contributed by atoms with Gasteiger partial charge in [0.05, 0.1) is 14.9 Å². The van der Waals surface area contributed by atoms with E-state index in [0.29, 0.717) is 14.3 Å². The highest BCUT2D eigenvalue weighted by atomic mass is 35.5. The van der Waals surface area contributed by atoms with Gasteiger partial charge in [-0.05, 0) is 31.5 Å². The van der Waals surface area contributed by atoms with Gasteiger partial charge in [0.1, 0.15) is 0 Å². The summed E-state index contributed by atoms with van der Waals surface area (Å²) in [5, 5.41) is 5.35. The first-order valence-corrected chi connectivity index (χ1v) is 8.70. The van der Waals surface area contributed by atoms with Crippen LogP contribution in [0.15, 0.2) is 35.7 Å². The lowest BCUT2D eigenvalue weighted by molar-refractivity contribution is 0.103. The third kappa shape index (κ3) is 3.21. The molecular formula is C16H13ClN2OS2. The smallest absolute Gasteiger partial charge is 0.267 e. The van der Waals surface area contributed by atoms with Gasteiger partial charge in [-0.25, -0.2) is 4.98 Å². The van der Waals surface area contributed by atoms with E-state index in [4.69, 9.17) is 11.6 Å². The van der Waals surface area contributed by atoms with E-state index in [1.54, 1.807) is 12.1 Å². The topological polar surface area (TPSA) is 42.0 Å². The number of thiophene rings is 1. The summed E-state index contributed by atoms with van der Waals surface area (Å²) >= 11 is 8.52. The quantitative estimate of drug-likeness (QED) is 0.689. The monoisotopic (exact) mass is 348 g/mol. The molecule has 0 aliphatic carbocycles. The van der Waals surface area contributed by atoms with Crippen molar-refractivity contribution in [1.29, 1.82) is 0 Å². The maximum atomic E-state index is 12.1. The number of halogens is 1. The van der Waals surface area contributed by atoms with Crippen LogP contribution in [0.3, 0.4) is 0 Å². The number of hydrogen-bond acceptors (Lipinski definition) is 4. The van der Waals surface area contributed by atoms with Crippen molar-refractivity contribution in [2.45, 2.75) is 13.8 Å². The van der Waals surface area contributed by atoms with Crippen LogP contribution >= 0.6 is 34.3 Å². The van der Waals surface area contributed by atoms with Crippen LogP contribution in [0.2, 0.25) is 4.34 Å². The molecule has 0 aliphatic heterocycles. The maximum absolute atomic E-state index is 12.1. The van der Waals surface area contributed by atoms with Gasteiger partial charge in [-0.3, -0.25) is 10.1 Å². The van der Waals surface area contributed by atoms with E-state index >= 15 is 0 Å². The van der Waals surface area contributed by atoms with Gasteiger partial charge in [0.15, 0.2) is 5.13 Å². The Hall–Kier alpha value is -1.69. The number of anilines is 1. The van der Waals surface area contributed by atoms with Crippen molar-refractivity contribution in [3.05, 3.63) is 56.1 Å². The second kappa shape index (κ2) is 6.20. The molecule has 3 aromatic rings. The highest BCUT2D eigenvalue weighted by Gasteiger charge is 2.12. The number of hydrogen-bond donors (Lipinski definition) is 1. The van der Waals surface area contributed by atoms with Crippen molar-refractivity contribution >= 4 is 45.3 Å². The van der Waals surface area contributed by atoms with Gasteiger partial charge < -0.3 is 0 Å². The van der Waals surface area contributed by atoms with Gasteiger partial charge in [0, 0.05) is 10.9 Å². The largest absolute Gasteiger partial charge is 0.297 e. The lowest BCUT2D eigenvalue weighted by Crippen LogP contribution is -2.09. The third-order valence-corrected chi connectivity index (χ3v) is 5.17. The van der Waals surface area contributed by atoms with Crippen LogP contribution in [-0.2, 0) is 0 Å². The number of benzene rings is 1. The molecule has 1 aromatic carbocycles. The van der Waals surface area contributed by atoms with Crippen molar-refractivity contribution in [3.63, 3.8) is 0 Å². The minimum Gasteiger partial charge on any atom is -0.297 e. The number of carbonyl (C=O) groups excluding carboxylic acids is 1. The van der Waals surface area contributed by atoms with E-state index in [-0.39, 0.29) is 5.91 Å². The Morgan fingerprint density at radius 3 is 2.73 bits per heavy atom. The fourth-order valence-corrected chi connectivity index (χ4v) is 3.79. The van der Waals surface area contributed by atoms with Crippen molar-refractivity contribution in [3.8, 4) is 11.3 Å². The molecule has 0 radical (unpaired) electrons. The Balaban J connectivity index is 1.80. The fourth-order valence-electron chi connectivity index (χ4n) is 2.15. The number of rotatable bonds is 3. The molecule has 0 unspecified atom stereocenters. The lowest BCUT2D eigenvalue weighted by atomic mass is 10.0. The van der Waals surface area contributed by atoms with Crippen LogP contribution in [-0.4, -0.2) is 10.9 Å². The van der Waals surface area contributed by atoms with Gasteiger partial charge in [-0.1, -0.05) is 35.4 Å². The van der Waals surface area contributed by atoms with Crippen molar-refractivity contribution in [2.75, 3.05) is 5.32 Å². The second-order valence-electron chi connectivity index (χ2n) is 4.91. The summed E-state index contributed by atoms with van der Waals surface area (Å²) in [5.74, 6) is -0.182. The molecule has 3 nitrogen and oxygen atoms in total. The highest BCUT2D eigenvalue weighted by molar-refractivity contribution is 7.18. The highest BCUT2D eigenvalue weighted by Crippen LogP contribution is 2.29. The van der Waals surface area contributed by atoms with Crippen LogP contribution in [0.5, 0.6) is 0 Å². The molecule has 1 N–H and O–H groups in total. The Bertz CT molecular complexity index is 838. The zero-order valence-electron chi connectivity index (χ0n) is 12.0. The summed E-state index contributed by atoms with van der Waals surface area (Å²) in [6, 6.07) is 9.67. The zero-order chi connectivity index (χ0) is 15.7. The van der Waals surface area contributed by atoms with E-state index in [2.05, 4.69) is 42.3 Å². The SMILES string of the molecule is Cc1ccc(-c2csc(NC(=O)c3ccc(Cl)s3)n2)c(C)c1. The normalized spacial score (nSPS) is 10.7. The standard InChI is InChI=1S/C16H13ClN2OS2/c1-9-3-4-11(10(2)7-9)12-8-21-16(18-12)19-15(20)13-5-6-14(17)22-13/h3-8H,1-2H3,(H,18,19,20). The van der Waals surface area contributed by atoms with Crippen LogP contribution in [0, 0.1) is 13.8 Å². The minimum absolute atomic E-state index is 0.182. The van der Waals surface area contributed by atoms with E-state index < -0.39 is 0 Å². The summed E-state index contributed by atoms with van der Waals surface area (Å²) in [6.45, 7) is 4.13. The van der Waals surface area contributed by atoms with Crippen LogP contribution in [0.4, 0.5) is 5.13 Å². The Morgan fingerprint density at radius 2 is 2.05 bits per heavy atom. The van der Waals surface area contributed by atoms with E-state index in [9.17, 15) is 4.79 Å². The Morgan fingerprint density at radius 1 is 1.23 bits per heavy atom. The number of nitrogens with zero attached hydrogens (tertiary/aromatic N) is 1. The predicted octanol–water partition coefficient (Wildman–Crippen LogP) is 5.39. The molecule has 0 saturated heterocycles. The molecule has 0 aliphatic rings. The predicted molar refractivity (Wildman–Crippen MR) is 94.3 cm³/mol. The Kier molecular flexibility index (Phi) is 4.29. The number of carbonyl (C=O) groups is 1. The first-order valence-electron chi connectivity index (χ1n) is 6.63. The average molecular weight is 349 g/mol. The summed E-state index contributed by atoms with van der Waals surface area (Å²) in [5.41, 5.74) is 4.36. The van der Waals surface area contributed by atoms with Crippen molar-refractivity contribution in [1.82, 2.24) is 4.98 Å². The number of nitrogens with one attached hydrogen (secondary N) is 1. The summed E-state index contributed by atoms with van der Waals surface area (Å²) < 4.78 is 0.597. The first-order chi connectivity index (χ1) is 10.5. The van der Waals surface area contributed by atoms with Crippen LogP contribution in [0.1, 0.15) is 20.8 Å². The van der Waals surface area contributed by atoms with Gasteiger partial charge >= 0.3 is 0 Å². The molecule has 0 bridgehead atoms. The molecular weight excluding hydrogens is 336 g/mol. The first kappa shape index (κ1) is 15.2. The Labute approximate surface area is 141 Å². The van der Waals surface area contributed by atoms with Gasteiger partial charge in [-0.15, -0.1) is 22.7 Å². The lowest BCUT2D eigenvalue weighted by Gasteiger charge is -2.03. The minimum atomic E-state index is -0.182. The summed E-state index contributed by atoms with van der Waals surface area (Å²) in [4.78, 5) is 17.2. The summed E-state index contributed by atoms with van der Waals surface area (Å²) in [7, 11) is 0. The molecule has 0 saturated carbocycles. The molecule has 2 aromatic heterocycles. The van der Waals surface area contributed by atoms with Crippen molar-refractivity contribution in [2.24, 2.45) is 0 Å². The van der Waals surface area contributed by atoms with E-state index in [1.165, 1.54) is 33.8 Å². The molecule has 0 fully saturated rings. The van der Waals surface area contributed by atoms with Crippen LogP contribution in [0.25, 0.3) is 11.3 Å². The number of aryl methyl sites for hydroxylation is 2. The molecule has 0 atom stereocenters. The fraction of sp³-hybridized carbons (Fsp3) is 0.125. The number of amides is 1. The molecule has 1 amide bonds. The molecule has 6 heteroatoms. The average Bonchev–Trinajstić information content (AvgIpc) is 3.08. The number of aromatic nitrogens is 1. The third-order valence-electron chi connectivity index (χ3n) is 3.18. The summed E-state index contributed by atoms with van der Waals surface area (Å²) in [6.07, 6.45) is 0. The molecule has 2 heterocycles. The van der Waals surface area contributed by atoms with E-state index in [1.807, 2.05) is 5.38 Å². The molecule has 112 valence electrons. The second-order valence-corrected chi connectivity index (χ2v) is 7.49. The molecule has 3 rings (SSSR count). The van der Waals surface area contributed by atoms with Crippen LogP contribution < -0.4 is 5.32 Å². The zero-order valence-corrected chi connectivity index (χ0v) is 14.4. The van der Waals surface area contributed by atoms with Crippen molar-refractivity contribution < 1.29 is 4.79 Å². The van der Waals surface area contributed by atoms with Gasteiger partial charge in [0.25, 0.3) is 5.91 Å². The van der Waals surface area contributed by atoms with E-state index in [0.717, 1.165) is 11.3 Å². The number of thiazole rings is 1. The van der Waals surface area contributed by atoms with Gasteiger partial charge in [-0.2, -0.15) is 0 Å². The maximum Gasteiger partial charge on any atom is 0.267 e. The molecule has 0 spiro atoms. The molecule has 22 heavy (non-hydrogen) atoms.